The number of hydrogen-bond acceptors (Lipinski definition) is 2. The number of aliphatic hydroxyl groups is 1. The van der Waals surface area contributed by atoms with Gasteiger partial charge in [0.05, 0.1) is 6.10 Å². The second kappa shape index (κ2) is 16.8. The van der Waals surface area contributed by atoms with Gasteiger partial charge in [-0.05, 0) is 44.9 Å². The minimum atomic E-state index is -0.725. The Balaban J connectivity index is 3.50. The molecule has 2 N–H and O–H groups in total. The average Bonchev–Trinajstić information content (AvgIpc) is 2.51. The third-order valence-corrected chi connectivity index (χ3v) is 3.27. The molecule has 0 heterocycles. The fourth-order valence-electron chi connectivity index (χ4n) is 2.01. The van der Waals surface area contributed by atoms with Crippen LogP contribution < -0.4 is 0 Å². The van der Waals surface area contributed by atoms with E-state index in [1.165, 1.54) is 0 Å². The van der Waals surface area contributed by atoms with E-state index in [-0.39, 0.29) is 12.5 Å². The van der Waals surface area contributed by atoms with Gasteiger partial charge < -0.3 is 10.2 Å². The van der Waals surface area contributed by atoms with E-state index in [0.29, 0.717) is 6.42 Å². The standard InChI is InChI=1S/C20H32O3/c1-2-16-19(21)17-14-12-10-8-6-4-3-5-7-9-11-13-15-18-20(22)23/h3,5-6,8-9,11-12,14,19,21H,2,4,7,10,13,15-18H2,1H3,(H,22,23)/b5-3+,8-6+,11-9+,14-12+/t19-/m0/s1. The highest BCUT2D eigenvalue weighted by molar-refractivity contribution is 5.66. The molecule has 3 nitrogen and oxygen atoms in total. The quantitative estimate of drug-likeness (QED) is 0.342. The summed E-state index contributed by atoms with van der Waals surface area (Å²) >= 11 is 0. The molecule has 0 aromatic carbocycles. The smallest absolute Gasteiger partial charge is 0.303 e. The van der Waals surface area contributed by atoms with E-state index >= 15 is 0 Å². The van der Waals surface area contributed by atoms with Crippen LogP contribution >= 0.6 is 0 Å². The van der Waals surface area contributed by atoms with Crippen molar-refractivity contribution in [2.75, 3.05) is 0 Å². The maximum absolute atomic E-state index is 10.3. The van der Waals surface area contributed by atoms with E-state index in [1.54, 1.807) is 0 Å². The molecular weight excluding hydrogens is 288 g/mol. The van der Waals surface area contributed by atoms with Crippen LogP contribution in [-0.4, -0.2) is 22.3 Å². The second-order valence-corrected chi connectivity index (χ2v) is 5.56. The number of hydrogen-bond donors (Lipinski definition) is 2. The first kappa shape index (κ1) is 21.4. The normalized spacial score (nSPS) is 13.8. The van der Waals surface area contributed by atoms with Gasteiger partial charge in [-0.3, -0.25) is 4.79 Å². The fourth-order valence-corrected chi connectivity index (χ4v) is 2.01. The molecule has 0 saturated carbocycles. The van der Waals surface area contributed by atoms with Gasteiger partial charge in [0, 0.05) is 6.42 Å². The predicted molar refractivity (Wildman–Crippen MR) is 97.4 cm³/mol. The van der Waals surface area contributed by atoms with Crippen LogP contribution in [0.1, 0.15) is 64.7 Å². The highest BCUT2D eigenvalue weighted by Gasteiger charge is 1.97. The van der Waals surface area contributed by atoms with Crippen LogP contribution in [0.5, 0.6) is 0 Å². The molecule has 0 fully saturated rings. The minimum Gasteiger partial charge on any atom is -0.481 e. The molecule has 0 aliphatic carbocycles. The van der Waals surface area contributed by atoms with Crippen LogP contribution in [0, 0.1) is 0 Å². The van der Waals surface area contributed by atoms with Gasteiger partial charge >= 0.3 is 5.97 Å². The van der Waals surface area contributed by atoms with Crippen molar-refractivity contribution in [3.8, 4) is 0 Å². The summed E-state index contributed by atoms with van der Waals surface area (Å²) in [4.78, 5) is 10.3. The Kier molecular flexibility index (Phi) is 15.6. The van der Waals surface area contributed by atoms with Crippen molar-refractivity contribution in [3.05, 3.63) is 48.6 Å². The zero-order valence-corrected chi connectivity index (χ0v) is 14.4. The maximum atomic E-state index is 10.3. The van der Waals surface area contributed by atoms with E-state index in [4.69, 9.17) is 5.11 Å². The van der Waals surface area contributed by atoms with Crippen molar-refractivity contribution in [1.82, 2.24) is 0 Å². The van der Waals surface area contributed by atoms with Gasteiger partial charge in [0.2, 0.25) is 0 Å². The highest BCUT2D eigenvalue weighted by atomic mass is 16.4. The van der Waals surface area contributed by atoms with Gasteiger partial charge in [0.15, 0.2) is 0 Å². The fraction of sp³-hybridized carbons (Fsp3) is 0.550. The van der Waals surface area contributed by atoms with Gasteiger partial charge in [-0.1, -0.05) is 62.0 Å². The van der Waals surface area contributed by atoms with E-state index in [2.05, 4.69) is 49.5 Å². The van der Waals surface area contributed by atoms with Crippen molar-refractivity contribution in [3.63, 3.8) is 0 Å². The molecular formula is C20H32O3. The molecule has 23 heavy (non-hydrogen) atoms. The van der Waals surface area contributed by atoms with E-state index in [1.807, 2.05) is 6.08 Å². The Morgan fingerprint density at radius 3 is 1.96 bits per heavy atom. The molecule has 0 spiro atoms. The molecule has 0 unspecified atom stereocenters. The van der Waals surface area contributed by atoms with Crippen molar-refractivity contribution < 1.29 is 15.0 Å². The van der Waals surface area contributed by atoms with Gasteiger partial charge in [-0.2, -0.15) is 0 Å². The SMILES string of the molecule is CCC[C@H](O)C/C=C/C/C=C/C/C=C/C/C=C/CCCC(=O)O. The number of allylic oxidation sites excluding steroid dienone is 7. The molecule has 0 amide bonds. The first-order valence-electron chi connectivity index (χ1n) is 8.66. The van der Waals surface area contributed by atoms with Crippen molar-refractivity contribution in [1.29, 1.82) is 0 Å². The summed E-state index contributed by atoms with van der Waals surface area (Å²) in [6, 6.07) is 0. The van der Waals surface area contributed by atoms with Crippen molar-refractivity contribution >= 4 is 5.97 Å². The topological polar surface area (TPSA) is 57.5 Å². The Bertz CT molecular complexity index is 392. The number of rotatable bonds is 14. The van der Waals surface area contributed by atoms with Gasteiger partial charge in [0.1, 0.15) is 0 Å². The molecule has 130 valence electrons. The van der Waals surface area contributed by atoms with Crippen LogP contribution in [-0.2, 0) is 4.79 Å². The number of carboxylic acid groups (broad SMARTS) is 1. The lowest BCUT2D eigenvalue weighted by Gasteiger charge is -2.03. The molecule has 1 atom stereocenters. The van der Waals surface area contributed by atoms with Crippen molar-refractivity contribution in [2.45, 2.75) is 70.8 Å². The first-order valence-corrected chi connectivity index (χ1v) is 8.66. The van der Waals surface area contributed by atoms with Crippen LogP contribution in [0.3, 0.4) is 0 Å². The van der Waals surface area contributed by atoms with Crippen LogP contribution in [0.25, 0.3) is 0 Å². The molecule has 3 heteroatoms. The average molecular weight is 320 g/mol. The zero-order valence-electron chi connectivity index (χ0n) is 14.4. The highest BCUT2D eigenvalue weighted by Crippen LogP contribution is 2.02. The summed E-state index contributed by atoms with van der Waals surface area (Å²) < 4.78 is 0. The van der Waals surface area contributed by atoms with Crippen LogP contribution in [0.4, 0.5) is 0 Å². The summed E-state index contributed by atoms with van der Waals surface area (Å²) in [5.41, 5.74) is 0. The number of aliphatic hydroxyl groups excluding tert-OH is 1. The second-order valence-electron chi connectivity index (χ2n) is 5.56. The molecule has 0 bridgehead atoms. The monoisotopic (exact) mass is 320 g/mol. The summed E-state index contributed by atoms with van der Waals surface area (Å²) in [5.74, 6) is -0.725. The predicted octanol–water partition coefficient (Wildman–Crippen LogP) is 5.19. The molecule has 0 radical (unpaired) electrons. The minimum absolute atomic E-state index is 0.194. The summed E-state index contributed by atoms with van der Waals surface area (Å²) in [7, 11) is 0. The summed E-state index contributed by atoms with van der Waals surface area (Å²) in [5, 5.41) is 18.0. The molecule has 0 rings (SSSR count). The van der Waals surface area contributed by atoms with Gasteiger partial charge in [-0.15, -0.1) is 0 Å². The summed E-state index contributed by atoms with van der Waals surface area (Å²) in [6.07, 6.45) is 23.8. The number of carboxylic acids is 1. The van der Waals surface area contributed by atoms with E-state index in [0.717, 1.165) is 44.9 Å². The van der Waals surface area contributed by atoms with E-state index < -0.39 is 5.97 Å². The Labute approximate surface area is 141 Å². The molecule has 0 aromatic heterocycles. The number of aliphatic carboxylic acids is 1. The lowest BCUT2D eigenvalue weighted by Crippen LogP contribution is -2.02. The van der Waals surface area contributed by atoms with Crippen molar-refractivity contribution in [2.24, 2.45) is 0 Å². The van der Waals surface area contributed by atoms with Gasteiger partial charge in [-0.25, -0.2) is 0 Å². The lowest BCUT2D eigenvalue weighted by molar-refractivity contribution is -0.137. The third-order valence-electron chi connectivity index (χ3n) is 3.27. The summed E-state index contributed by atoms with van der Waals surface area (Å²) in [6.45, 7) is 2.08. The lowest BCUT2D eigenvalue weighted by atomic mass is 10.1. The molecule has 0 aromatic rings. The zero-order chi connectivity index (χ0) is 17.2. The van der Waals surface area contributed by atoms with Crippen LogP contribution in [0.15, 0.2) is 48.6 Å². The van der Waals surface area contributed by atoms with Crippen LogP contribution in [0.2, 0.25) is 0 Å². The molecule has 0 aliphatic rings. The number of carbonyl (C=O) groups is 1. The van der Waals surface area contributed by atoms with E-state index in [9.17, 15) is 9.90 Å². The molecule has 0 aliphatic heterocycles. The third kappa shape index (κ3) is 18.3. The molecule has 0 saturated heterocycles. The maximum Gasteiger partial charge on any atom is 0.303 e. The first-order chi connectivity index (χ1) is 11.2. The Hall–Kier alpha value is -1.61. The van der Waals surface area contributed by atoms with Gasteiger partial charge in [0.25, 0.3) is 0 Å². The largest absolute Gasteiger partial charge is 0.481 e. The number of unbranched alkanes of at least 4 members (excludes halogenated alkanes) is 1. The Morgan fingerprint density at radius 2 is 1.43 bits per heavy atom. The Morgan fingerprint density at radius 1 is 0.913 bits per heavy atom.